The van der Waals surface area contributed by atoms with Gasteiger partial charge in [-0.2, -0.15) is 5.10 Å². The van der Waals surface area contributed by atoms with Crippen LogP contribution in [0.5, 0.6) is 0 Å². The molecule has 112 valence electrons. The fourth-order valence-electron chi connectivity index (χ4n) is 3.05. The first-order valence-corrected chi connectivity index (χ1v) is 9.35. The first kappa shape index (κ1) is 14.3. The smallest absolute Gasteiger partial charge is 0.180 e. The maximum Gasteiger partial charge on any atom is 0.180 e. The molecule has 0 aliphatic carbocycles. The summed E-state index contributed by atoms with van der Waals surface area (Å²) in [5.74, 6) is 0. The molecule has 0 fully saturated rings. The topological polar surface area (TPSA) is 21.1 Å². The van der Waals surface area contributed by atoms with Crippen molar-refractivity contribution in [2.75, 3.05) is 6.54 Å². The van der Waals surface area contributed by atoms with Crippen molar-refractivity contribution >= 4 is 34.9 Å². The number of hydrogen-bond acceptors (Lipinski definition) is 5. The molecule has 0 unspecified atom stereocenters. The predicted octanol–water partition coefficient (Wildman–Crippen LogP) is 4.34. The van der Waals surface area contributed by atoms with Gasteiger partial charge < -0.3 is 0 Å². The lowest BCUT2D eigenvalue weighted by molar-refractivity contribution is 0.157. The van der Waals surface area contributed by atoms with E-state index < -0.39 is 0 Å². The highest BCUT2D eigenvalue weighted by Gasteiger charge is 2.29. The molecule has 6 heteroatoms. The molecule has 0 saturated heterocycles. The van der Waals surface area contributed by atoms with E-state index >= 15 is 0 Å². The summed E-state index contributed by atoms with van der Waals surface area (Å²) in [5, 5.41) is 6.58. The molecule has 0 saturated carbocycles. The number of rotatable bonds is 3. The molecule has 1 atom stereocenters. The van der Waals surface area contributed by atoms with Crippen molar-refractivity contribution in [1.82, 2.24) is 14.7 Å². The van der Waals surface area contributed by atoms with Crippen molar-refractivity contribution in [2.45, 2.75) is 19.1 Å². The minimum absolute atomic E-state index is 0.291. The van der Waals surface area contributed by atoms with Gasteiger partial charge in [0.15, 0.2) is 3.95 Å². The Bertz CT molecular complexity index is 818. The third-order valence-corrected chi connectivity index (χ3v) is 6.16. The van der Waals surface area contributed by atoms with E-state index in [-0.39, 0.29) is 0 Å². The maximum atomic E-state index is 5.36. The van der Waals surface area contributed by atoms with Gasteiger partial charge in [-0.3, -0.25) is 4.90 Å². The van der Waals surface area contributed by atoms with Gasteiger partial charge in [0.05, 0.1) is 12.7 Å². The Morgan fingerprint density at radius 2 is 2.05 bits per heavy atom. The number of nitrogens with zero attached hydrogens (tertiary/aromatic N) is 3. The lowest BCUT2D eigenvalue weighted by atomic mass is 9.94. The number of benzene rings is 1. The fraction of sp³-hybridized carbons (Fsp3) is 0.250. The zero-order chi connectivity index (χ0) is 14.9. The summed E-state index contributed by atoms with van der Waals surface area (Å²) in [7, 11) is 0. The minimum Gasteiger partial charge on any atom is -0.273 e. The van der Waals surface area contributed by atoms with Gasteiger partial charge in [0.1, 0.15) is 5.51 Å². The van der Waals surface area contributed by atoms with E-state index in [0.29, 0.717) is 6.04 Å². The molecule has 1 aromatic carbocycles. The molecule has 0 amide bonds. The average Bonchev–Trinajstić information content (AvgIpc) is 3.17. The summed E-state index contributed by atoms with van der Waals surface area (Å²) in [4.78, 5) is 3.98. The number of hydrogen-bond donors (Lipinski definition) is 0. The van der Waals surface area contributed by atoms with Gasteiger partial charge in [0, 0.05) is 11.4 Å². The molecule has 0 N–H and O–H groups in total. The summed E-state index contributed by atoms with van der Waals surface area (Å²) in [6.45, 7) is 1.78. The highest BCUT2D eigenvalue weighted by molar-refractivity contribution is 7.73. The van der Waals surface area contributed by atoms with Gasteiger partial charge in [-0.1, -0.05) is 41.7 Å². The Kier molecular flexibility index (Phi) is 3.92. The molecule has 0 radical (unpaired) electrons. The van der Waals surface area contributed by atoms with Gasteiger partial charge in [-0.15, -0.1) is 11.3 Å². The normalized spacial score (nSPS) is 18.3. The summed E-state index contributed by atoms with van der Waals surface area (Å²) in [6, 6.07) is 13.3. The minimum atomic E-state index is 0.291. The lowest BCUT2D eigenvalue weighted by Crippen LogP contribution is -2.37. The Balaban J connectivity index is 1.74. The van der Waals surface area contributed by atoms with E-state index in [1.54, 1.807) is 0 Å². The second kappa shape index (κ2) is 6.04. The van der Waals surface area contributed by atoms with E-state index in [1.165, 1.54) is 27.3 Å². The van der Waals surface area contributed by atoms with E-state index in [1.807, 2.05) is 21.5 Å². The van der Waals surface area contributed by atoms with Gasteiger partial charge in [0.25, 0.3) is 0 Å². The second-order valence-electron chi connectivity index (χ2n) is 5.32. The second-order valence-corrected chi connectivity index (χ2v) is 7.80. The molecule has 3 nitrogen and oxygen atoms in total. The number of fused-ring (bicyclic) bond motifs is 1. The van der Waals surface area contributed by atoms with Gasteiger partial charge >= 0.3 is 0 Å². The SMILES string of the molecule is S=c1scnn1CN1CCc2sccc2[C@H]1c1ccccc1. The molecular weight excluding hydrogens is 330 g/mol. The van der Waals surface area contributed by atoms with Crippen LogP contribution in [-0.2, 0) is 13.1 Å². The third-order valence-electron chi connectivity index (χ3n) is 4.05. The highest BCUT2D eigenvalue weighted by atomic mass is 32.1. The molecule has 22 heavy (non-hydrogen) atoms. The largest absolute Gasteiger partial charge is 0.273 e. The first-order valence-electron chi connectivity index (χ1n) is 7.19. The van der Waals surface area contributed by atoms with E-state index in [9.17, 15) is 0 Å². The molecular formula is C16H15N3S3. The Hall–Kier alpha value is -1.34. The average molecular weight is 346 g/mol. The quantitative estimate of drug-likeness (QED) is 0.659. The molecule has 3 heterocycles. The van der Waals surface area contributed by atoms with Crippen molar-refractivity contribution in [3.63, 3.8) is 0 Å². The van der Waals surface area contributed by atoms with Crippen LogP contribution in [0.1, 0.15) is 22.0 Å². The molecule has 0 spiro atoms. The monoisotopic (exact) mass is 345 g/mol. The zero-order valence-electron chi connectivity index (χ0n) is 11.9. The van der Waals surface area contributed by atoms with E-state index in [2.05, 4.69) is 51.8 Å². The van der Waals surface area contributed by atoms with Crippen LogP contribution in [0.25, 0.3) is 0 Å². The van der Waals surface area contributed by atoms with Crippen LogP contribution in [0.2, 0.25) is 0 Å². The summed E-state index contributed by atoms with van der Waals surface area (Å²) in [5.41, 5.74) is 4.59. The van der Waals surface area contributed by atoms with Crippen molar-refractivity contribution in [3.8, 4) is 0 Å². The Morgan fingerprint density at radius 3 is 2.82 bits per heavy atom. The van der Waals surface area contributed by atoms with Gasteiger partial charge in [0.2, 0.25) is 0 Å². The van der Waals surface area contributed by atoms with Crippen molar-refractivity contribution in [1.29, 1.82) is 0 Å². The van der Waals surface area contributed by atoms with Crippen LogP contribution in [0, 0.1) is 3.95 Å². The molecule has 2 aromatic heterocycles. The molecule has 3 aromatic rings. The maximum absolute atomic E-state index is 5.36. The zero-order valence-corrected chi connectivity index (χ0v) is 14.3. The van der Waals surface area contributed by atoms with Crippen LogP contribution < -0.4 is 0 Å². The van der Waals surface area contributed by atoms with Crippen LogP contribution in [0.15, 0.2) is 47.3 Å². The van der Waals surface area contributed by atoms with Gasteiger partial charge in [-0.25, -0.2) is 4.68 Å². The third kappa shape index (κ3) is 2.56. The van der Waals surface area contributed by atoms with Crippen LogP contribution in [0.3, 0.4) is 0 Å². The molecule has 1 aliphatic rings. The predicted molar refractivity (Wildman–Crippen MR) is 94.0 cm³/mol. The fourth-order valence-corrected chi connectivity index (χ4v) is 4.66. The lowest BCUT2D eigenvalue weighted by Gasteiger charge is -2.36. The summed E-state index contributed by atoms with van der Waals surface area (Å²) >= 11 is 8.75. The Labute approximate surface area is 142 Å². The van der Waals surface area contributed by atoms with Gasteiger partial charge in [-0.05, 0) is 41.2 Å². The highest BCUT2D eigenvalue weighted by Crippen LogP contribution is 2.37. The van der Waals surface area contributed by atoms with Crippen molar-refractivity contribution in [2.24, 2.45) is 0 Å². The molecule has 0 bridgehead atoms. The van der Waals surface area contributed by atoms with Crippen LogP contribution in [0.4, 0.5) is 0 Å². The first-order chi connectivity index (χ1) is 10.8. The molecule has 4 rings (SSSR count). The standard InChI is InChI=1S/C16H15N3S3/c20-16-19(17-10-22-16)11-18-8-6-14-13(7-9-21-14)15(18)12-4-2-1-3-5-12/h1-5,7,9-10,15H,6,8,11H2/t15-/m1/s1. The van der Waals surface area contributed by atoms with Crippen LogP contribution in [-0.4, -0.2) is 21.2 Å². The number of aromatic nitrogens is 2. The van der Waals surface area contributed by atoms with Crippen LogP contribution >= 0.6 is 34.9 Å². The molecule has 1 aliphatic heterocycles. The van der Waals surface area contributed by atoms with Crippen molar-refractivity contribution < 1.29 is 0 Å². The van der Waals surface area contributed by atoms with Crippen molar-refractivity contribution in [3.05, 3.63) is 67.2 Å². The van der Waals surface area contributed by atoms with E-state index in [0.717, 1.165) is 23.6 Å². The summed E-state index contributed by atoms with van der Waals surface area (Å²) in [6.07, 6.45) is 1.10. The summed E-state index contributed by atoms with van der Waals surface area (Å²) < 4.78 is 2.76. The number of thiophene rings is 1. The van der Waals surface area contributed by atoms with E-state index in [4.69, 9.17) is 12.2 Å². The Morgan fingerprint density at radius 1 is 1.18 bits per heavy atom.